The van der Waals surface area contributed by atoms with Gasteiger partial charge in [-0.2, -0.15) is 0 Å². The molecule has 0 aliphatic heterocycles. The second-order valence-corrected chi connectivity index (χ2v) is 19.9. The van der Waals surface area contributed by atoms with Crippen LogP contribution in [0.5, 0.6) is 0 Å². The van der Waals surface area contributed by atoms with Crippen molar-refractivity contribution in [1.29, 1.82) is 0 Å². The van der Waals surface area contributed by atoms with Crippen LogP contribution in [0.15, 0.2) is 170 Å². The SMILES string of the molecule is CC/C=C\C/C=C\C/C=C\C/C=C\C/C=C\C/C=C\C/C=C\C/C=C\CCCCCCCCC(=O)OCC(COC(=O)CCCCCCCCCCCC)OC(=O)CC/C=C\C/C=C\C/C=C\C/C=C\C/C=C\C/C=C\CC. The van der Waals surface area contributed by atoms with Crippen molar-refractivity contribution in [2.45, 2.75) is 252 Å². The zero-order chi connectivity index (χ0) is 56.4. The summed E-state index contributed by atoms with van der Waals surface area (Å²) < 4.78 is 16.8. The Balaban J connectivity index is 4.39. The van der Waals surface area contributed by atoms with E-state index in [0.29, 0.717) is 19.3 Å². The van der Waals surface area contributed by atoms with Crippen LogP contribution in [-0.4, -0.2) is 37.2 Å². The van der Waals surface area contributed by atoms with Gasteiger partial charge in [-0.3, -0.25) is 14.4 Å². The second-order valence-electron chi connectivity index (χ2n) is 19.9. The molecule has 0 aliphatic rings. The summed E-state index contributed by atoms with van der Waals surface area (Å²) in [6.45, 7) is 6.31. The molecule has 0 fully saturated rings. The molecule has 0 spiro atoms. The Morgan fingerprint density at radius 1 is 0.269 bits per heavy atom. The normalized spacial score (nSPS) is 13.3. The fourth-order valence-corrected chi connectivity index (χ4v) is 7.89. The molecular formula is C72H112O6. The lowest BCUT2D eigenvalue weighted by Crippen LogP contribution is -2.30. The number of ether oxygens (including phenoxy) is 3. The first kappa shape index (κ1) is 72.8. The number of carbonyl (C=O) groups is 3. The van der Waals surface area contributed by atoms with Gasteiger partial charge in [0.05, 0.1) is 0 Å². The average molecular weight is 1070 g/mol. The van der Waals surface area contributed by atoms with Crippen LogP contribution in [-0.2, 0) is 28.6 Å². The van der Waals surface area contributed by atoms with E-state index in [-0.39, 0.29) is 31.6 Å². The van der Waals surface area contributed by atoms with Crippen LogP contribution in [0, 0.1) is 0 Å². The Morgan fingerprint density at radius 3 is 0.833 bits per heavy atom. The summed E-state index contributed by atoms with van der Waals surface area (Å²) in [6.07, 6.45) is 95.1. The van der Waals surface area contributed by atoms with Gasteiger partial charge in [0.1, 0.15) is 13.2 Å². The van der Waals surface area contributed by atoms with E-state index in [4.69, 9.17) is 14.2 Å². The molecule has 0 radical (unpaired) electrons. The van der Waals surface area contributed by atoms with E-state index >= 15 is 0 Å². The van der Waals surface area contributed by atoms with Crippen molar-refractivity contribution < 1.29 is 28.6 Å². The Hall–Kier alpha value is -5.23. The molecule has 0 bridgehead atoms. The van der Waals surface area contributed by atoms with Crippen LogP contribution in [0.2, 0.25) is 0 Å². The van der Waals surface area contributed by atoms with E-state index in [1.165, 1.54) is 57.8 Å². The largest absolute Gasteiger partial charge is 0.462 e. The maximum absolute atomic E-state index is 12.8. The third-order valence-corrected chi connectivity index (χ3v) is 12.5. The van der Waals surface area contributed by atoms with E-state index in [0.717, 1.165) is 141 Å². The topological polar surface area (TPSA) is 78.9 Å². The minimum atomic E-state index is -0.832. The molecule has 6 nitrogen and oxygen atoms in total. The van der Waals surface area contributed by atoms with E-state index in [2.05, 4.69) is 179 Å². The van der Waals surface area contributed by atoms with Gasteiger partial charge >= 0.3 is 17.9 Å². The van der Waals surface area contributed by atoms with E-state index < -0.39 is 12.1 Å². The zero-order valence-electron chi connectivity index (χ0n) is 49.9. The molecule has 0 aliphatic carbocycles. The fourth-order valence-electron chi connectivity index (χ4n) is 7.89. The van der Waals surface area contributed by atoms with Gasteiger partial charge < -0.3 is 14.2 Å². The van der Waals surface area contributed by atoms with Gasteiger partial charge in [-0.05, 0) is 122 Å². The Morgan fingerprint density at radius 2 is 0.526 bits per heavy atom. The lowest BCUT2D eigenvalue weighted by molar-refractivity contribution is -0.166. The average Bonchev–Trinajstić information content (AvgIpc) is 3.44. The van der Waals surface area contributed by atoms with Crippen LogP contribution >= 0.6 is 0 Å². The molecule has 1 atom stereocenters. The highest BCUT2D eigenvalue weighted by atomic mass is 16.6. The Labute approximate surface area is 479 Å². The maximum atomic E-state index is 12.8. The van der Waals surface area contributed by atoms with Gasteiger partial charge in [0.25, 0.3) is 0 Å². The predicted molar refractivity (Wildman–Crippen MR) is 338 cm³/mol. The Bertz CT molecular complexity index is 1810. The van der Waals surface area contributed by atoms with Crippen molar-refractivity contribution in [2.75, 3.05) is 13.2 Å². The van der Waals surface area contributed by atoms with Crippen molar-refractivity contribution in [3.05, 3.63) is 170 Å². The van der Waals surface area contributed by atoms with Crippen molar-refractivity contribution >= 4 is 17.9 Å². The number of carbonyl (C=O) groups excluding carboxylic acids is 3. The smallest absolute Gasteiger partial charge is 0.306 e. The van der Waals surface area contributed by atoms with Gasteiger partial charge in [0, 0.05) is 19.3 Å². The van der Waals surface area contributed by atoms with Crippen LogP contribution in [0.4, 0.5) is 0 Å². The number of hydrogen-bond acceptors (Lipinski definition) is 6. The lowest BCUT2D eigenvalue weighted by Gasteiger charge is -2.18. The molecule has 0 amide bonds. The highest BCUT2D eigenvalue weighted by molar-refractivity contribution is 5.71. The first-order valence-corrected chi connectivity index (χ1v) is 31.1. The molecule has 0 saturated carbocycles. The van der Waals surface area contributed by atoms with Crippen LogP contribution in [0.25, 0.3) is 0 Å². The van der Waals surface area contributed by atoms with Crippen molar-refractivity contribution in [1.82, 2.24) is 0 Å². The van der Waals surface area contributed by atoms with Gasteiger partial charge in [-0.15, -0.1) is 0 Å². The summed E-state index contributed by atoms with van der Waals surface area (Å²) in [6, 6.07) is 0. The monoisotopic (exact) mass is 1070 g/mol. The summed E-state index contributed by atoms with van der Waals surface area (Å²) in [5.41, 5.74) is 0. The summed E-state index contributed by atoms with van der Waals surface area (Å²) in [5, 5.41) is 0. The number of unbranched alkanes of at least 4 members (excludes halogenated alkanes) is 15. The van der Waals surface area contributed by atoms with Gasteiger partial charge in [-0.25, -0.2) is 0 Å². The third-order valence-electron chi connectivity index (χ3n) is 12.5. The van der Waals surface area contributed by atoms with Crippen molar-refractivity contribution in [2.24, 2.45) is 0 Å². The molecule has 0 N–H and O–H groups in total. The number of rotatable bonds is 54. The minimum Gasteiger partial charge on any atom is -0.462 e. The summed E-state index contributed by atoms with van der Waals surface area (Å²) >= 11 is 0. The molecule has 1 unspecified atom stereocenters. The number of hydrogen-bond donors (Lipinski definition) is 0. The quantitative estimate of drug-likeness (QED) is 0.0261. The van der Waals surface area contributed by atoms with Gasteiger partial charge in [-0.1, -0.05) is 274 Å². The fraction of sp³-hybridized carbons (Fsp3) is 0.569. The molecule has 0 aromatic carbocycles. The summed E-state index contributed by atoms with van der Waals surface area (Å²) in [7, 11) is 0. The van der Waals surface area contributed by atoms with E-state index in [1.807, 2.05) is 12.2 Å². The van der Waals surface area contributed by atoms with Crippen molar-refractivity contribution in [3.8, 4) is 0 Å². The highest BCUT2D eigenvalue weighted by Crippen LogP contribution is 2.14. The number of esters is 3. The van der Waals surface area contributed by atoms with E-state index in [1.54, 1.807) is 0 Å². The molecule has 0 aromatic heterocycles. The molecule has 6 heteroatoms. The predicted octanol–water partition coefficient (Wildman–Crippen LogP) is 21.5. The molecule has 0 saturated heterocycles. The van der Waals surface area contributed by atoms with Crippen LogP contribution in [0.1, 0.15) is 245 Å². The Kier molecular flexibility index (Phi) is 60.0. The number of allylic oxidation sites excluding steroid dienone is 28. The van der Waals surface area contributed by atoms with Gasteiger partial charge in [0.15, 0.2) is 6.10 Å². The first-order chi connectivity index (χ1) is 38.5. The standard InChI is InChI=1S/C72H112O6/c1-4-7-10-13-16-19-22-24-26-28-30-31-32-33-34-35-36-37-38-39-40-41-43-44-46-48-50-53-56-59-62-65-71(74)77-68-69(67-76-70(73)64-61-58-55-52-21-18-15-12-9-6-3)78-72(75)66-63-60-57-54-51-49-47-45-42-29-27-25-23-20-17-14-11-8-5-2/h7-8,10-11,16-17,19-20,24-27,30-31,33-34,36-37,39-40,42-45,49,51,57,60,69H,4-6,9,12-15,18,21-23,28-29,32,35,38,41,46-48,50,52-56,58-59,61-68H2,1-3H3/b10-7-,11-8-,19-16-,20-17-,26-24-,27-25-,31-30-,34-33-,37-36-,40-39-,44-43-,45-42-,51-49-,60-57-. The molecule has 0 heterocycles. The van der Waals surface area contributed by atoms with Crippen LogP contribution in [0.3, 0.4) is 0 Å². The van der Waals surface area contributed by atoms with E-state index in [9.17, 15) is 14.4 Å². The molecular weight excluding hydrogens is 961 g/mol. The molecule has 0 aromatic rings. The van der Waals surface area contributed by atoms with Crippen LogP contribution < -0.4 is 0 Å². The van der Waals surface area contributed by atoms with Gasteiger partial charge in [0.2, 0.25) is 0 Å². The highest BCUT2D eigenvalue weighted by Gasteiger charge is 2.19. The second kappa shape index (κ2) is 64.3. The maximum Gasteiger partial charge on any atom is 0.306 e. The minimum absolute atomic E-state index is 0.119. The third kappa shape index (κ3) is 61.6. The summed E-state index contributed by atoms with van der Waals surface area (Å²) in [4.78, 5) is 38.1. The van der Waals surface area contributed by atoms with Crippen molar-refractivity contribution in [3.63, 3.8) is 0 Å². The lowest BCUT2D eigenvalue weighted by atomic mass is 10.1. The first-order valence-electron chi connectivity index (χ1n) is 31.1. The molecule has 436 valence electrons. The zero-order valence-corrected chi connectivity index (χ0v) is 49.9. The molecule has 78 heavy (non-hydrogen) atoms. The summed E-state index contributed by atoms with van der Waals surface area (Å²) in [5.74, 6) is -1.03. The molecule has 0 rings (SSSR count).